The van der Waals surface area contributed by atoms with Crippen molar-refractivity contribution in [2.75, 3.05) is 39.5 Å². The molecule has 2 N–H and O–H groups in total. The molecular formula is C54H66Cl2N2O7P+. The van der Waals surface area contributed by atoms with Gasteiger partial charge in [-0.05, 0) is 170 Å². The molecule has 0 aliphatic heterocycles. The van der Waals surface area contributed by atoms with Gasteiger partial charge in [0.1, 0.15) is 36.2 Å². The molecular weight excluding hydrogens is 890 g/mol. The summed E-state index contributed by atoms with van der Waals surface area (Å²) in [7, 11) is -2.19. The lowest BCUT2D eigenvalue weighted by molar-refractivity contribution is 0.220. The maximum Gasteiger partial charge on any atom is 0.697 e. The molecule has 0 fully saturated rings. The van der Waals surface area contributed by atoms with Crippen LogP contribution in [0.5, 0.6) is 11.5 Å². The van der Waals surface area contributed by atoms with Crippen LogP contribution in [0, 0.1) is 11.8 Å². The third kappa shape index (κ3) is 17.0. The molecule has 66 heavy (non-hydrogen) atoms. The summed E-state index contributed by atoms with van der Waals surface area (Å²) in [5.41, 5.74) is 8.87. The molecule has 0 bridgehead atoms. The van der Waals surface area contributed by atoms with E-state index in [4.69, 9.17) is 50.6 Å². The predicted molar refractivity (Wildman–Crippen MR) is 268 cm³/mol. The lowest BCUT2D eigenvalue weighted by atomic mass is 10.0. The SMILES string of the molecule is CC(C)Cc1ccc(CCCOc2ccc(CNCCCO[P+](=O)OCCCNCc3ccc(OCCCc4ccc(CC(C)C)c(Cl)c4)c(-c4ccco4)c3)cc2-c2ccco2)cc1Cl. The average molecular weight is 957 g/mol. The van der Waals surface area contributed by atoms with Crippen molar-refractivity contribution in [3.8, 4) is 34.1 Å². The Labute approximate surface area is 402 Å². The van der Waals surface area contributed by atoms with Gasteiger partial charge in [0.15, 0.2) is 0 Å². The molecule has 2 heterocycles. The van der Waals surface area contributed by atoms with E-state index < -0.39 is 8.25 Å². The van der Waals surface area contributed by atoms with Crippen molar-refractivity contribution in [1.29, 1.82) is 0 Å². The van der Waals surface area contributed by atoms with Crippen LogP contribution < -0.4 is 20.1 Å². The lowest BCUT2D eigenvalue weighted by Gasteiger charge is -2.13. The largest absolute Gasteiger partial charge is 0.697 e. The zero-order chi connectivity index (χ0) is 46.5. The van der Waals surface area contributed by atoms with Crippen LogP contribution in [0.4, 0.5) is 0 Å². The molecule has 0 amide bonds. The predicted octanol–water partition coefficient (Wildman–Crippen LogP) is 14.3. The second-order valence-electron chi connectivity index (χ2n) is 17.5. The first-order valence-electron chi connectivity index (χ1n) is 23.4. The molecule has 0 atom stereocenters. The van der Waals surface area contributed by atoms with Crippen LogP contribution in [0.3, 0.4) is 0 Å². The van der Waals surface area contributed by atoms with E-state index in [1.807, 2.05) is 36.4 Å². The first kappa shape index (κ1) is 51.0. The normalized spacial score (nSPS) is 11.5. The molecule has 0 unspecified atom stereocenters. The van der Waals surface area contributed by atoms with Crippen LogP contribution in [0.25, 0.3) is 22.6 Å². The fourth-order valence-electron chi connectivity index (χ4n) is 7.67. The van der Waals surface area contributed by atoms with E-state index in [9.17, 15) is 4.57 Å². The minimum Gasteiger partial charge on any atom is -0.493 e. The van der Waals surface area contributed by atoms with Gasteiger partial charge >= 0.3 is 8.25 Å². The number of aryl methyl sites for hydroxylation is 2. The van der Waals surface area contributed by atoms with Gasteiger partial charge in [0.05, 0.1) is 36.9 Å². The summed E-state index contributed by atoms with van der Waals surface area (Å²) < 4.78 is 47.3. The van der Waals surface area contributed by atoms with E-state index in [2.05, 4.69) is 99.0 Å². The highest BCUT2D eigenvalue weighted by Crippen LogP contribution is 2.34. The zero-order valence-corrected chi connectivity index (χ0v) is 41.3. The number of ether oxygens (including phenoxy) is 2. The first-order valence-corrected chi connectivity index (χ1v) is 25.2. The third-order valence-corrected chi connectivity index (χ3v) is 12.4. The van der Waals surface area contributed by atoms with Gasteiger partial charge in [0, 0.05) is 27.7 Å². The Morgan fingerprint density at radius 1 is 0.545 bits per heavy atom. The Balaban J connectivity index is 0.831. The molecule has 0 aliphatic rings. The average Bonchev–Trinajstić information content (AvgIpc) is 4.05. The molecule has 9 nitrogen and oxygen atoms in total. The Kier molecular flexibility index (Phi) is 21.2. The molecule has 12 heteroatoms. The molecule has 352 valence electrons. The minimum absolute atomic E-state index is 0.331. The van der Waals surface area contributed by atoms with Crippen LogP contribution in [0.1, 0.15) is 86.8 Å². The second-order valence-corrected chi connectivity index (χ2v) is 19.3. The van der Waals surface area contributed by atoms with E-state index >= 15 is 0 Å². The number of rotatable bonds is 30. The fourth-order valence-corrected chi connectivity index (χ4v) is 8.86. The fraction of sp³-hybridized carbons (Fsp3) is 0.407. The molecule has 2 aromatic heterocycles. The number of nitrogens with one attached hydrogen (secondary N) is 2. The molecule has 0 saturated heterocycles. The molecule has 0 radical (unpaired) electrons. The Morgan fingerprint density at radius 3 is 1.38 bits per heavy atom. The van der Waals surface area contributed by atoms with Crippen molar-refractivity contribution in [3.63, 3.8) is 0 Å². The second kappa shape index (κ2) is 27.4. The van der Waals surface area contributed by atoms with Crippen molar-refractivity contribution in [1.82, 2.24) is 10.6 Å². The topological polar surface area (TPSA) is 104 Å². The number of halogens is 2. The van der Waals surface area contributed by atoms with Crippen LogP contribution in [-0.4, -0.2) is 39.5 Å². The van der Waals surface area contributed by atoms with E-state index in [0.29, 0.717) is 77.3 Å². The summed E-state index contributed by atoms with van der Waals surface area (Å²) in [5, 5.41) is 8.59. The summed E-state index contributed by atoms with van der Waals surface area (Å²) >= 11 is 13.1. The Morgan fingerprint density at radius 2 is 0.985 bits per heavy atom. The van der Waals surface area contributed by atoms with Gasteiger partial charge in [-0.3, -0.25) is 0 Å². The van der Waals surface area contributed by atoms with E-state index in [-0.39, 0.29) is 0 Å². The van der Waals surface area contributed by atoms with E-state index in [1.54, 1.807) is 12.5 Å². The van der Waals surface area contributed by atoms with Crippen molar-refractivity contribution >= 4 is 31.5 Å². The Hall–Kier alpha value is -4.44. The van der Waals surface area contributed by atoms with Gasteiger partial charge in [-0.25, -0.2) is 0 Å². The van der Waals surface area contributed by atoms with Crippen LogP contribution in [-0.2, 0) is 52.4 Å². The number of furan rings is 2. The highest BCUT2D eigenvalue weighted by molar-refractivity contribution is 7.33. The maximum atomic E-state index is 12.4. The van der Waals surface area contributed by atoms with Crippen LogP contribution in [0.15, 0.2) is 118 Å². The highest BCUT2D eigenvalue weighted by Gasteiger charge is 2.19. The number of hydrogen-bond acceptors (Lipinski definition) is 9. The van der Waals surface area contributed by atoms with Gasteiger partial charge in [0.25, 0.3) is 0 Å². The van der Waals surface area contributed by atoms with Crippen LogP contribution >= 0.6 is 31.5 Å². The van der Waals surface area contributed by atoms with Gasteiger partial charge < -0.3 is 28.9 Å². The zero-order valence-electron chi connectivity index (χ0n) is 38.9. The molecule has 6 aromatic rings. The maximum absolute atomic E-state index is 12.4. The standard InChI is InChI=1S/C54H66Cl2N2O7P/c1-39(2)31-45-19-15-41(35-49(45)55)11-5-25-62-53-21-17-43(33-47(53)51-13-7-27-60-51)37-57-23-9-29-64-66(59)65-30-10-24-58-38-44-18-22-54(48(34-44)52-14-8-28-61-52)63-26-6-12-42-16-20-46(32-40(3)4)50(56)36-42/h7-8,13-22,27-28,33-36,39-40,57-58H,5-6,9-12,23-26,29-32,37-38H2,1-4H3/q+1. The molecule has 6 rings (SSSR count). The van der Waals surface area contributed by atoms with Crippen LogP contribution in [0.2, 0.25) is 10.0 Å². The number of benzene rings is 4. The summed E-state index contributed by atoms with van der Waals surface area (Å²) in [5.74, 6) is 4.23. The van der Waals surface area contributed by atoms with Crippen molar-refractivity contribution < 1.29 is 31.9 Å². The summed E-state index contributed by atoms with van der Waals surface area (Å²) in [6.45, 7) is 13.3. The van der Waals surface area contributed by atoms with Gasteiger partial charge in [-0.15, -0.1) is 9.05 Å². The molecule has 0 saturated carbocycles. The van der Waals surface area contributed by atoms with Gasteiger partial charge in [-0.1, -0.05) is 87.3 Å². The van der Waals surface area contributed by atoms with Crippen molar-refractivity contribution in [3.05, 3.63) is 153 Å². The highest BCUT2D eigenvalue weighted by atomic mass is 35.5. The molecule has 4 aromatic carbocycles. The summed E-state index contributed by atoms with van der Waals surface area (Å²) in [6, 6.07) is 32.8. The quantitative estimate of drug-likeness (QED) is 0.0337. The number of hydrogen-bond donors (Lipinski definition) is 2. The van der Waals surface area contributed by atoms with E-state index in [1.165, 1.54) is 22.3 Å². The van der Waals surface area contributed by atoms with Gasteiger partial charge in [-0.2, -0.15) is 0 Å². The summed E-state index contributed by atoms with van der Waals surface area (Å²) in [4.78, 5) is 0. The molecule has 0 spiro atoms. The van der Waals surface area contributed by atoms with Crippen molar-refractivity contribution in [2.24, 2.45) is 11.8 Å². The van der Waals surface area contributed by atoms with Crippen molar-refractivity contribution in [2.45, 2.75) is 92.2 Å². The van der Waals surface area contributed by atoms with E-state index in [0.717, 1.165) is 93.8 Å². The van der Waals surface area contributed by atoms with Gasteiger partial charge in [0.2, 0.25) is 0 Å². The third-order valence-electron chi connectivity index (χ3n) is 10.9. The monoisotopic (exact) mass is 955 g/mol. The summed E-state index contributed by atoms with van der Waals surface area (Å²) in [6.07, 6.45) is 10.2. The molecule has 0 aliphatic carbocycles. The lowest BCUT2D eigenvalue weighted by Crippen LogP contribution is -2.16. The smallest absolute Gasteiger partial charge is 0.493 e. The Bertz CT molecular complexity index is 2210. The first-order chi connectivity index (χ1) is 32.1. The minimum atomic E-state index is -2.19.